The predicted octanol–water partition coefficient (Wildman–Crippen LogP) is 7.07. The van der Waals surface area contributed by atoms with Crippen LogP contribution in [0.3, 0.4) is 0 Å². The Labute approximate surface area is 194 Å². The van der Waals surface area contributed by atoms with Gasteiger partial charge in [0.25, 0.3) is 0 Å². The Hall–Kier alpha value is -2.34. The highest BCUT2D eigenvalue weighted by molar-refractivity contribution is 9.10. The van der Waals surface area contributed by atoms with Gasteiger partial charge in [-0.3, -0.25) is 9.78 Å². The van der Waals surface area contributed by atoms with E-state index in [9.17, 15) is 13.6 Å². The lowest BCUT2D eigenvalue weighted by molar-refractivity contribution is -0.120. The molecule has 32 heavy (non-hydrogen) atoms. The quantitative estimate of drug-likeness (QED) is 0.417. The van der Waals surface area contributed by atoms with Crippen LogP contribution in [0.25, 0.3) is 10.9 Å². The molecule has 0 saturated heterocycles. The second kappa shape index (κ2) is 8.54. The molecule has 0 aliphatic heterocycles. The van der Waals surface area contributed by atoms with E-state index in [1.807, 2.05) is 19.2 Å². The lowest BCUT2D eigenvalue weighted by Crippen LogP contribution is -2.26. The van der Waals surface area contributed by atoms with Crippen LogP contribution in [0.1, 0.15) is 44.1 Å². The number of hydrogen-bond donors (Lipinski definition) is 1. The summed E-state index contributed by atoms with van der Waals surface area (Å²) in [5.74, 6) is 1.27. The van der Waals surface area contributed by atoms with Gasteiger partial charge in [-0.15, -0.1) is 0 Å². The highest BCUT2D eigenvalue weighted by Crippen LogP contribution is 2.54. The maximum absolute atomic E-state index is 13.9. The number of amides is 1. The van der Waals surface area contributed by atoms with Crippen LogP contribution in [0.5, 0.6) is 0 Å². The van der Waals surface area contributed by atoms with Gasteiger partial charge in [-0.1, -0.05) is 6.92 Å². The van der Waals surface area contributed by atoms with Crippen LogP contribution in [0, 0.1) is 35.3 Å². The zero-order valence-corrected chi connectivity index (χ0v) is 19.4. The summed E-state index contributed by atoms with van der Waals surface area (Å²) < 4.78 is 27.7. The van der Waals surface area contributed by atoms with E-state index in [0.29, 0.717) is 33.8 Å². The van der Waals surface area contributed by atoms with Gasteiger partial charge in [0, 0.05) is 23.2 Å². The number of rotatable bonds is 4. The van der Waals surface area contributed by atoms with E-state index in [2.05, 4.69) is 26.2 Å². The summed E-state index contributed by atoms with van der Waals surface area (Å²) in [7, 11) is 0. The van der Waals surface area contributed by atoms with E-state index in [-0.39, 0.29) is 23.5 Å². The molecule has 3 aromatic rings. The van der Waals surface area contributed by atoms with Gasteiger partial charge in [-0.2, -0.15) is 0 Å². The monoisotopic (exact) mass is 498 g/mol. The van der Waals surface area contributed by atoms with Gasteiger partial charge in [-0.25, -0.2) is 8.78 Å². The Kier molecular flexibility index (Phi) is 5.74. The molecule has 3 nitrogen and oxygen atoms in total. The number of carbonyl (C=O) groups excluding carboxylic acids is 1. The maximum Gasteiger partial charge on any atom is 0.227 e. The molecule has 1 heterocycles. The molecule has 1 N–H and O–H groups in total. The molecule has 0 bridgehead atoms. The van der Waals surface area contributed by atoms with Crippen molar-refractivity contribution in [3.05, 3.63) is 70.3 Å². The Morgan fingerprint density at radius 2 is 1.81 bits per heavy atom. The van der Waals surface area contributed by atoms with Crippen molar-refractivity contribution < 1.29 is 13.6 Å². The zero-order valence-electron chi connectivity index (χ0n) is 17.8. The van der Waals surface area contributed by atoms with Crippen molar-refractivity contribution in [3.8, 4) is 0 Å². The van der Waals surface area contributed by atoms with Crippen LogP contribution >= 0.6 is 15.9 Å². The lowest BCUT2D eigenvalue weighted by Gasteiger charge is -2.21. The molecule has 2 aromatic carbocycles. The molecule has 1 amide bonds. The normalized spacial score (nSPS) is 25.6. The third kappa shape index (κ3) is 4.05. The van der Waals surface area contributed by atoms with Crippen molar-refractivity contribution >= 4 is 38.4 Å². The molecular formula is C26H25BrF2N2O. The van der Waals surface area contributed by atoms with Gasteiger partial charge < -0.3 is 5.32 Å². The van der Waals surface area contributed by atoms with Crippen LogP contribution in [-0.4, -0.2) is 10.9 Å². The Morgan fingerprint density at radius 1 is 1.06 bits per heavy atom. The minimum atomic E-state index is -0.348. The molecule has 5 rings (SSSR count). The first kappa shape index (κ1) is 21.5. The van der Waals surface area contributed by atoms with Crippen molar-refractivity contribution in [2.45, 2.75) is 38.5 Å². The van der Waals surface area contributed by atoms with E-state index >= 15 is 0 Å². The fraction of sp³-hybridized carbons (Fsp3) is 0.385. The number of benzene rings is 2. The smallest absolute Gasteiger partial charge is 0.227 e. The number of carbonyl (C=O) groups is 1. The second-order valence-corrected chi connectivity index (χ2v) is 10.2. The number of hydrogen-bond acceptors (Lipinski definition) is 2. The molecule has 0 spiro atoms. The fourth-order valence-corrected chi connectivity index (χ4v) is 6.24. The minimum Gasteiger partial charge on any atom is -0.326 e. The van der Waals surface area contributed by atoms with Gasteiger partial charge >= 0.3 is 0 Å². The first-order chi connectivity index (χ1) is 15.4. The van der Waals surface area contributed by atoms with Crippen LogP contribution in [0.15, 0.2) is 53.1 Å². The highest BCUT2D eigenvalue weighted by atomic mass is 79.9. The minimum absolute atomic E-state index is 0.0133. The SMILES string of the molecule is CC(C(=O)Nc1ccc(F)c(Br)c1)C1C[C@H]2CC(c3ccnc4ccc(F)cc34)C[C@H]2C1. The van der Waals surface area contributed by atoms with E-state index in [0.717, 1.165) is 36.6 Å². The number of nitrogens with one attached hydrogen (secondary N) is 1. The molecule has 1 aromatic heterocycles. The molecular weight excluding hydrogens is 474 g/mol. The standard InChI is InChI=1S/C26H25BrF2N2O/c1-14(26(32)31-20-3-4-24(29)23(27)13-20)15-8-16-10-18(11-17(16)9-15)21-6-7-30-25-5-2-19(28)12-22(21)25/h2-7,12-18H,8-11H2,1H3,(H,31,32)/t14?,15?,16-,17+,18?. The molecule has 2 aliphatic rings. The molecule has 0 radical (unpaired) electrons. The van der Waals surface area contributed by atoms with E-state index in [1.165, 1.54) is 17.7 Å². The predicted molar refractivity (Wildman–Crippen MR) is 125 cm³/mol. The number of anilines is 1. The van der Waals surface area contributed by atoms with Crippen molar-refractivity contribution in [2.75, 3.05) is 5.32 Å². The summed E-state index contributed by atoms with van der Waals surface area (Å²) in [4.78, 5) is 17.2. The summed E-state index contributed by atoms with van der Waals surface area (Å²) in [6, 6.07) is 11.4. The highest BCUT2D eigenvalue weighted by Gasteiger charge is 2.44. The largest absolute Gasteiger partial charge is 0.326 e. The van der Waals surface area contributed by atoms with Gasteiger partial charge in [0.1, 0.15) is 11.6 Å². The number of aromatic nitrogens is 1. The molecule has 5 atom stereocenters. The fourth-order valence-electron chi connectivity index (χ4n) is 5.87. The molecule has 166 valence electrons. The third-order valence-electron chi connectivity index (χ3n) is 7.54. The molecule has 2 aliphatic carbocycles. The number of nitrogens with zero attached hydrogens (tertiary/aromatic N) is 1. The topological polar surface area (TPSA) is 42.0 Å². The second-order valence-electron chi connectivity index (χ2n) is 9.39. The van der Waals surface area contributed by atoms with Crippen molar-refractivity contribution in [3.63, 3.8) is 0 Å². The lowest BCUT2D eigenvalue weighted by atomic mass is 9.86. The Balaban J connectivity index is 1.24. The average molecular weight is 499 g/mol. The summed E-state index contributed by atoms with van der Waals surface area (Å²) in [6.07, 6.45) is 6.07. The van der Waals surface area contributed by atoms with Crippen molar-refractivity contribution in [1.82, 2.24) is 4.98 Å². The van der Waals surface area contributed by atoms with Crippen molar-refractivity contribution in [1.29, 1.82) is 0 Å². The molecule has 6 heteroatoms. The molecule has 2 fully saturated rings. The van der Waals surface area contributed by atoms with E-state index < -0.39 is 0 Å². The van der Waals surface area contributed by atoms with Gasteiger partial charge in [0.15, 0.2) is 0 Å². The van der Waals surface area contributed by atoms with Crippen LogP contribution < -0.4 is 5.32 Å². The van der Waals surface area contributed by atoms with Crippen molar-refractivity contribution in [2.24, 2.45) is 23.7 Å². The summed E-state index contributed by atoms with van der Waals surface area (Å²) in [5.41, 5.74) is 2.65. The van der Waals surface area contributed by atoms with Crippen LogP contribution in [0.2, 0.25) is 0 Å². The maximum atomic E-state index is 13.9. The third-order valence-corrected chi connectivity index (χ3v) is 8.14. The first-order valence-corrected chi connectivity index (χ1v) is 12.0. The zero-order chi connectivity index (χ0) is 22.4. The van der Waals surface area contributed by atoms with Crippen LogP contribution in [0.4, 0.5) is 14.5 Å². The first-order valence-electron chi connectivity index (χ1n) is 11.2. The summed E-state index contributed by atoms with van der Waals surface area (Å²) >= 11 is 3.16. The van der Waals surface area contributed by atoms with E-state index in [1.54, 1.807) is 24.3 Å². The van der Waals surface area contributed by atoms with Gasteiger partial charge in [0.05, 0.1) is 9.99 Å². The summed E-state index contributed by atoms with van der Waals surface area (Å²) in [6.45, 7) is 2.00. The Bertz CT molecular complexity index is 1170. The Morgan fingerprint density at radius 3 is 2.53 bits per heavy atom. The molecule has 3 unspecified atom stereocenters. The molecule has 2 saturated carbocycles. The van der Waals surface area contributed by atoms with E-state index in [4.69, 9.17) is 0 Å². The van der Waals surface area contributed by atoms with Crippen LogP contribution in [-0.2, 0) is 4.79 Å². The summed E-state index contributed by atoms with van der Waals surface area (Å²) in [5, 5.41) is 3.86. The number of fused-ring (bicyclic) bond motifs is 2. The number of pyridine rings is 1. The van der Waals surface area contributed by atoms with Gasteiger partial charge in [0.2, 0.25) is 5.91 Å². The van der Waals surface area contributed by atoms with Gasteiger partial charge in [-0.05, 0) is 113 Å². The number of halogens is 3. The average Bonchev–Trinajstić information content (AvgIpc) is 3.34.